The summed E-state index contributed by atoms with van der Waals surface area (Å²) >= 11 is 0. The average molecular weight is 434 g/mol. The molecule has 0 aromatic heterocycles. The van der Waals surface area contributed by atoms with E-state index in [1.165, 1.54) is 0 Å². The average Bonchev–Trinajstić information content (AvgIpc) is 2.76. The van der Waals surface area contributed by atoms with Crippen molar-refractivity contribution in [1.29, 1.82) is 0 Å². The van der Waals surface area contributed by atoms with E-state index in [0.717, 1.165) is 35.4 Å². The van der Waals surface area contributed by atoms with Crippen molar-refractivity contribution < 1.29 is 27.1 Å². The molecule has 1 N–H and O–H groups in total. The van der Waals surface area contributed by atoms with Gasteiger partial charge in [0.2, 0.25) is 5.82 Å². The zero-order valence-corrected chi connectivity index (χ0v) is 17.0. The number of phenols is 1. The second-order valence-corrected chi connectivity index (χ2v) is 8.75. The van der Waals surface area contributed by atoms with Crippen LogP contribution in [0.3, 0.4) is 0 Å². The lowest BCUT2D eigenvalue weighted by Gasteiger charge is -2.57. The Morgan fingerprint density at radius 3 is 2.16 bits per heavy atom. The van der Waals surface area contributed by atoms with E-state index in [2.05, 4.69) is 0 Å². The Hall–Kier alpha value is -2.63. The first-order valence-electron chi connectivity index (χ1n) is 10.2. The molecule has 1 unspecified atom stereocenters. The fourth-order valence-electron chi connectivity index (χ4n) is 4.76. The van der Waals surface area contributed by atoms with Gasteiger partial charge >= 0.3 is 0 Å². The molecule has 0 saturated heterocycles. The van der Waals surface area contributed by atoms with Crippen molar-refractivity contribution in [2.75, 3.05) is 0 Å². The van der Waals surface area contributed by atoms with E-state index in [4.69, 9.17) is 0 Å². The molecule has 2 aromatic rings. The van der Waals surface area contributed by atoms with Gasteiger partial charge in [-0.3, -0.25) is 0 Å². The van der Waals surface area contributed by atoms with Crippen LogP contribution in [0.4, 0.5) is 22.0 Å². The fourth-order valence-corrected chi connectivity index (χ4v) is 4.76. The Morgan fingerprint density at radius 2 is 1.52 bits per heavy atom. The maximum absolute atomic E-state index is 15.3. The lowest BCUT2D eigenvalue weighted by Crippen LogP contribution is -2.62. The van der Waals surface area contributed by atoms with Gasteiger partial charge in [-0.15, -0.1) is 0 Å². The number of allylic oxidation sites excluding steroid dienone is 2. The molecular formula is C25H23F5O. The molecule has 3 aliphatic rings. The van der Waals surface area contributed by atoms with E-state index in [1.54, 1.807) is 12.2 Å². The summed E-state index contributed by atoms with van der Waals surface area (Å²) in [6.45, 7) is 1.94. The Kier molecular flexibility index (Phi) is 5.23. The van der Waals surface area contributed by atoms with Crippen LogP contribution in [0.1, 0.15) is 42.4 Å². The molecule has 3 aliphatic carbocycles. The first-order chi connectivity index (χ1) is 14.6. The minimum absolute atomic E-state index is 0.0390. The lowest BCUT2D eigenvalue weighted by atomic mass is 9.50. The van der Waals surface area contributed by atoms with Crippen LogP contribution >= 0.6 is 0 Å². The number of rotatable bonds is 4. The molecule has 5 rings (SSSR count). The van der Waals surface area contributed by atoms with E-state index in [-0.39, 0.29) is 31.2 Å². The van der Waals surface area contributed by atoms with E-state index in [9.17, 15) is 13.9 Å². The molecule has 0 amide bonds. The minimum atomic E-state index is -3.65. The van der Waals surface area contributed by atoms with Gasteiger partial charge in [-0.25, -0.2) is 17.6 Å². The molecule has 2 bridgehead atoms. The van der Waals surface area contributed by atoms with Crippen LogP contribution in [0, 0.1) is 29.4 Å². The molecular weight excluding hydrogens is 411 g/mol. The van der Waals surface area contributed by atoms with E-state index in [0.29, 0.717) is 0 Å². The highest BCUT2D eigenvalue weighted by atomic mass is 19.3. The lowest BCUT2D eigenvalue weighted by molar-refractivity contribution is -0.239. The normalized spacial score (nSPS) is 29.8. The zero-order chi connectivity index (χ0) is 22.4. The van der Waals surface area contributed by atoms with Crippen LogP contribution in [0.15, 0.2) is 48.6 Å². The van der Waals surface area contributed by atoms with Crippen molar-refractivity contribution in [2.45, 2.75) is 44.7 Å². The van der Waals surface area contributed by atoms with Crippen LogP contribution in [-0.2, 0) is 0 Å². The largest absolute Gasteiger partial charge is 0.505 e. The standard InChI is InChI=1S/C25H23F5O/c1-16-2-4-17(5-3-16)8-10-23-12-14-24(15-13-23,25(29,30)22(23)28)11-9-18-6-7-19(31)21(27)20(18)26/h2-11,22,31H,12-15H2,1H3/b10-8+,11-9+. The van der Waals surface area contributed by atoms with Crippen molar-refractivity contribution in [3.05, 3.63) is 76.9 Å². The summed E-state index contributed by atoms with van der Waals surface area (Å²) < 4.78 is 73.3. The van der Waals surface area contributed by atoms with Gasteiger partial charge in [0, 0.05) is 11.0 Å². The van der Waals surface area contributed by atoms with Gasteiger partial charge in [-0.1, -0.05) is 54.1 Å². The van der Waals surface area contributed by atoms with E-state index >= 15 is 13.2 Å². The predicted octanol–water partition coefficient (Wildman–Crippen LogP) is 7.24. The van der Waals surface area contributed by atoms with Gasteiger partial charge in [0.25, 0.3) is 5.92 Å². The number of fused-ring (bicyclic) bond motifs is 3. The predicted molar refractivity (Wildman–Crippen MR) is 110 cm³/mol. The first kappa shape index (κ1) is 21.6. The van der Waals surface area contributed by atoms with Crippen LogP contribution in [0.25, 0.3) is 12.2 Å². The smallest absolute Gasteiger partial charge is 0.288 e. The quantitative estimate of drug-likeness (QED) is 0.503. The summed E-state index contributed by atoms with van der Waals surface area (Å²) in [7, 11) is 0. The number of aryl methyl sites for hydroxylation is 1. The molecule has 3 fully saturated rings. The third-order valence-corrected chi connectivity index (χ3v) is 6.92. The van der Waals surface area contributed by atoms with Crippen LogP contribution in [0.5, 0.6) is 5.75 Å². The molecule has 0 heterocycles. The Balaban J connectivity index is 1.61. The summed E-state index contributed by atoms with van der Waals surface area (Å²) in [5.41, 5.74) is -1.38. The fraction of sp³-hybridized carbons (Fsp3) is 0.360. The van der Waals surface area contributed by atoms with Crippen molar-refractivity contribution in [1.82, 2.24) is 0 Å². The molecule has 0 radical (unpaired) electrons. The summed E-state index contributed by atoms with van der Waals surface area (Å²) in [6.07, 6.45) is 3.65. The maximum Gasteiger partial charge on any atom is 0.288 e. The zero-order valence-electron chi connectivity index (χ0n) is 17.0. The summed E-state index contributed by atoms with van der Waals surface area (Å²) in [5.74, 6) is -7.27. The van der Waals surface area contributed by atoms with Crippen LogP contribution < -0.4 is 0 Å². The molecule has 1 nitrogen and oxygen atoms in total. The van der Waals surface area contributed by atoms with Gasteiger partial charge in [-0.05, 0) is 50.3 Å². The molecule has 2 aromatic carbocycles. The van der Waals surface area contributed by atoms with Gasteiger partial charge in [0.15, 0.2) is 17.7 Å². The first-order valence-corrected chi connectivity index (χ1v) is 10.2. The van der Waals surface area contributed by atoms with Crippen molar-refractivity contribution in [2.24, 2.45) is 10.8 Å². The van der Waals surface area contributed by atoms with Gasteiger partial charge < -0.3 is 5.11 Å². The third kappa shape index (κ3) is 3.46. The Labute approximate surface area is 177 Å². The Bertz CT molecular complexity index is 1030. The SMILES string of the molecule is Cc1ccc(/C=C/C23CCC(/C=C/c4ccc(O)c(F)c4F)(CC2)C(F)(F)C3F)cc1. The van der Waals surface area contributed by atoms with Gasteiger partial charge in [-0.2, -0.15) is 4.39 Å². The molecule has 1 atom stereocenters. The van der Waals surface area contributed by atoms with Crippen LogP contribution in [0.2, 0.25) is 0 Å². The maximum atomic E-state index is 15.3. The van der Waals surface area contributed by atoms with E-state index < -0.39 is 40.3 Å². The number of halogens is 5. The minimum Gasteiger partial charge on any atom is -0.505 e. The number of phenolic OH excluding ortho intramolecular Hbond substituents is 1. The molecule has 164 valence electrons. The third-order valence-electron chi connectivity index (χ3n) is 6.92. The topological polar surface area (TPSA) is 20.2 Å². The monoisotopic (exact) mass is 434 g/mol. The number of aromatic hydroxyl groups is 1. The molecule has 0 spiro atoms. The number of alkyl halides is 3. The highest BCUT2D eigenvalue weighted by Gasteiger charge is 2.70. The van der Waals surface area contributed by atoms with Crippen molar-refractivity contribution in [3.63, 3.8) is 0 Å². The summed E-state index contributed by atoms with van der Waals surface area (Å²) in [4.78, 5) is 0. The molecule has 6 heteroatoms. The molecule has 0 aliphatic heterocycles. The molecule has 3 saturated carbocycles. The summed E-state index contributed by atoms with van der Waals surface area (Å²) in [5, 5.41) is 9.22. The highest BCUT2D eigenvalue weighted by Crippen LogP contribution is 2.66. The van der Waals surface area contributed by atoms with Crippen molar-refractivity contribution in [3.8, 4) is 5.75 Å². The van der Waals surface area contributed by atoms with Gasteiger partial charge in [0.05, 0.1) is 5.41 Å². The van der Waals surface area contributed by atoms with Crippen molar-refractivity contribution >= 4 is 12.2 Å². The van der Waals surface area contributed by atoms with E-state index in [1.807, 2.05) is 31.2 Å². The number of hydrogen-bond donors (Lipinski definition) is 1. The Morgan fingerprint density at radius 1 is 0.871 bits per heavy atom. The van der Waals surface area contributed by atoms with Crippen LogP contribution in [-0.4, -0.2) is 17.2 Å². The second kappa shape index (κ2) is 7.50. The second-order valence-electron chi connectivity index (χ2n) is 8.75. The molecule has 31 heavy (non-hydrogen) atoms. The van der Waals surface area contributed by atoms with Gasteiger partial charge in [0.1, 0.15) is 0 Å². The number of benzene rings is 2. The summed E-state index contributed by atoms with van der Waals surface area (Å²) in [6, 6.07) is 9.58. The number of hydrogen-bond acceptors (Lipinski definition) is 1. The highest BCUT2D eigenvalue weighted by molar-refractivity contribution is 5.55.